The van der Waals surface area contributed by atoms with Crippen LogP contribution in [0.15, 0.2) is 27.7 Å². The molecule has 1 aromatic rings. The Hall–Kier alpha value is -0.550. The highest BCUT2D eigenvalue weighted by molar-refractivity contribution is 9.10. The highest BCUT2D eigenvalue weighted by Gasteiger charge is 2.34. The van der Waals surface area contributed by atoms with Gasteiger partial charge in [-0.05, 0) is 39.0 Å². The maximum absolute atomic E-state index is 12.3. The molecule has 0 radical (unpaired) electrons. The average Bonchev–Trinajstić information content (AvgIpc) is 2.17. The van der Waals surface area contributed by atoms with Gasteiger partial charge in [0.1, 0.15) is 0 Å². The second-order valence-electron chi connectivity index (χ2n) is 4.82. The van der Waals surface area contributed by atoms with Gasteiger partial charge in [0.05, 0.1) is 5.69 Å². The molecule has 0 heterocycles. The lowest BCUT2D eigenvalue weighted by Crippen LogP contribution is -2.16. The van der Waals surface area contributed by atoms with Crippen LogP contribution in [0.2, 0.25) is 0 Å². The molecule has 1 nitrogen and oxygen atoms in total. The fraction of sp³-hybridized carbons (Fsp3) is 0.417. The van der Waals surface area contributed by atoms with Gasteiger partial charge in [-0.1, -0.05) is 38.4 Å². The molecular formula is C12H12BrClF3N. The number of alkyl halides is 3. The van der Waals surface area contributed by atoms with Gasteiger partial charge in [0.2, 0.25) is 5.17 Å². The normalized spacial score (nSPS) is 13.9. The molecule has 0 aromatic heterocycles. The van der Waals surface area contributed by atoms with Crippen molar-refractivity contribution in [3.05, 3.63) is 28.2 Å². The Balaban J connectivity index is 3.16. The SMILES string of the molecule is CC(C)(C)c1ccc(N=C(Cl)C(F)(F)F)c(Br)c1. The summed E-state index contributed by atoms with van der Waals surface area (Å²) in [6, 6.07) is 5.00. The molecule has 18 heavy (non-hydrogen) atoms. The summed E-state index contributed by atoms with van der Waals surface area (Å²) in [5, 5.41) is -1.38. The molecule has 0 aliphatic carbocycles. The Kier molecular flexibility index (Phi) is 4.49. The van der Waals surface area contributed by atoms with Crippen LogP contribution in [0.3, 0.4) is 0 Å². The number of benzene rings is 1. The number of hydrogen-bond acceptors (Lipinski definition) is 1. The molecule has 1 rings (SSSR count). The van der Waals surface area contributed by atoms with E-state index in [-0.39, 0.29) is 11.1 Å². The number of nitrogens with zero attached hydrogens (tertiary/aromatic N) is 1. The van der Waals surface area contributed by atoms with Crippen LogP contribution in [0.5, 0.6) is 0 Å². The zero-order valence-electron chi connectivity index (χ0n) is 10.1. The molecule has 0 N–H and O–H groups in total. The lowest BCUT2D eigenvalue weighted by atomic mass is 9.87. The quantitative estimate of drug-likeness (QED) is 0.591. The second kappa shape index (κ2) is 5.21. The molecule has 0 aliphatic rings. The van der Waals surface area contributed by atoms with Crippen molar-refractivity contribution in [2.75, 3.05) is 0 Å². The molecule has 100 valence electrons. The summed E-state index contributed by atoms with van der Waals surface area (Å²) in [6.07, 6.45) is -4.62. The zero-order chi connectivity index (χ0) is 14.1. The van der Waals surface area contributed by atoms with E-state index in [9.17, 15) is 13.2 Å². The van der Waals surface area contributed by atoms with Crippen molar-refractivity contribution in [3.8, 4) is 0 Å². The number of rotatable bonds is 1. The van der Waals surface area contributed by atoms with Crippen molar-refractivity contribution in [1.29, 1.82) is 0 Å². The van der Waals surface area contributed by atoms with Crippen LogP contribution in [-0.4, -0.2) is 11.3 Å². The first-order valence-corrected chi connectivity index (χ1v) is 6.30. The molecule has 6 heteroatoms. The van der Waals surface area contributed by atoms with Crippen molar-refractivity contribution < 1.29 is 13.2 Å². The molecule has 0 saturated heterocycles. The summed E-state index contributed by atoms with van der Waals surface area (Å²) < 4.78 is 37.3. The summed E-state index contributed by atoms with van der Waals surface area (Å²) >= 11 is 8.30. The fourth-order valence-corrected chi connectivity index (χ4v) is 1.79. The predicted octanol–water partition coefficient (Wildman–Crippen LogP) is 5.58. The molecule has 0 aliphatic heterocycles. The van der Waals surface area contributed by atoms with Gasteiger partial charge in [0, 0.05) is 4.47 Å². The molecule has 0 atom stereocenters. The van der Waals surface area contributed by atoms with Crippen molar-refractivity contribution >= 4 is 38.4 Å². The van der Waals surface area contributed by atoms with E-state index in [0.717, 1.165) is 5.56 Å². The van der Waals surface area contributed by atoms with Gasteiger partial charge in [-0.25, -0.2) is 4.99 Å². The van der Waals surface area contributed by atoms with Crippen LogP contribution < -0.4 is 0 Å². The summed E-state index contributed by atoms with van der Waals surface area (Å²) in [6.45, 7) is 6.04. The van der Waals surface area contributed by atoms with Gasteiger partial charge in [-0.2, -0.15) is 13.2 Å². The van der Waals surface area contributed by atoms with Gasteiger partial charge in [0.15, 0.2) is 0 Å². The van der Waals surface area contributed by atoms with E-state index < -0.39 is 11.3 Å². The van der Waals surface area contributed by atoms with Crippen molar-refractivity contribution in [2.24, 2.45) is 4.99 Å². The van der Waals surface area contributed by atoms with Gasteiger partial charge >= 0.3 is 6.18 Å². The zero-order valence-corrected chi connectivity index (χ0v) is 12.4. The van der Waals surface area contributed by atoms with E-state index in [2.05, 4.69) is 20.9 Å². The Morgan fingerprint density at radius 1 is 1.22 bits per heavy atom. The Morgan fingerprint density at radius 3 is 2.17 bits per heavy atom. The minimum Gasteiger partial charge on any atom is -0.231 e. The first-order valence-electron chi connectivity index (χ1n) is 5.13. The lowest BCUT2D eigenvalue weighted by Gasteiger charge is -2.19. The van der Waals surface area contributed by atoms with Gasteiger partial charge in [-0.3, -0.25) is 0 Å². The minimum atomic E-state index is -4.62. The third-order valence-corrected chi connectivity index (χ3v) is 3.20. The third kappa shape index (κ3) is 3.99. The first kappa shape index (κ1) is 15.5. The van der Waals surface area contributed by atoms with E-state index in [1.165, 1.54) is 6.07 Å². The minimum absolute atomic E-state index is 0.0847. The standard InChI is InChI=1S/C12H12BrClF3N/c1-11(2,3)7-4-5-9(8(13)6-7)18-10(14)12(15,16)17/h4-6H,1-3H3. The largest absolute Gasteiger partial charge is 0.444 e. The molecular weight excluding hydrogens is 330 g/mol. The highest BCUT2D eigenvalue weighted by atomic mass is 79.9. The average molecular weight is 343 g/mol. The number of hydrogen-bond donors (Lipinski definition) is 0. The number of aliphatic imine (C=N–C) groups is 1. The van der Waals surface area contributed by atoms with Crippen molar-refractivity contribution in [2.45, 2.75) is 32.4 Å². The lowest BCUT2D eigenvalue weighted by molar-refractivity contribution is -0.0558. The summed E-state index contributed by atoms with van der Waals surface area (Å²) in [7, 11) is 0. The van der Waals surface area contributed by atoms with E-state index in [1.54, 1.807) is 12.1 Å². The molecule has 0 spiro atoms. The van der Waals surface area contributed by atoms with Crippen molar-refractivity contribution in [3.63, 3.8) is 0 Å². The molecule has 0 saturated carbocycles. The van der Waals surface area contributed by atoms with Gasteiger partial charge < -0.3 is 0 Å². The van der Waals surface area contributed by atoms with Crippen LogP contribution in [0.4, 0.5) is 18.9 Å². The molecule has 1 aromatic carbocycles. The van der Waals surface area contributed by atoms with Crippen LogP contribution >= 0.6 is 27.5 Å². The number of halogens is 5. The first-order chi connectivity index (χ1) is 8.01. The maximum Gasteiger partial charge on any atom is 0.444 e. The Bertz CT molecular complexity index is 475. The predicted molar refractivity (Wildman–Crippen MR) is 71.8 cm³/mol. The maximum atomic E-state index is 12.3. The van der Waals surface area contributed by atoms with E-state index >= 15 is 0 Å². The summed E-state index contributed by atoms with van der Waals surface area (Å²) in [5.41, 5.74) is 1.07. The van der Waals surface area contributed by atoms with E-state index in [1.807, 2.05) is 20.8 Å². The van der Waals surface area contributed by atoms with E-state index in [4.69, 9.17) is 11.6 Å². The Labute approximate surface area is 117 Å². The molecule has 0 unspecified atom stereocenters. The monoisotopic (exact) mass is 341 g/mol. The van der Waals surface area contributed by atoms with Crippen LogP contribution in [0.1, 0.15) is 26.3 Å². The van der Waals surface area contributed by atoms with E-state index in [0.29, 0.717) is 4.47 Å². The topological polar surface area (TPSA) is 12.4 Å². The second-order valence-corrected chi connectivity index (χ2v) is 6.03. The third-order valence-electron chi connectivity index (χ3n) is 2.27. The van der Waals surface area contributed by atoms with Crippen LogP contribution in [0, 0.1) is 0 Å². The smallest absolute Gasteiger partial charge is 0.231 e. The van der Waals surface area contributed by atoms with Crippen LogP contribution in [-0.2, 0) is 5.41 Å². The summed E-state index contributed by atoms with van der Waals surface area (Å²) in [5.74, 6) is 0. The van der Waals surface area contributed by atoms with Gasteiger partial charge in [-0.15, -0.1) is 0 Å². The molecule has 0 bridgehead atoms. The Morgan fingerprint density at radius 2 is 1.78 bits per heavy atom. The fourth-order valence-electron chi connectivity index (χ4n) is 1.23. The molecule has 0 amide bonds. The van der Waals surface area contributed by atoms with Crippen molar-refractivity contribution in [1.82, 2.24) is 0 Å². The molecule has 0 fully saturated rings. The highest BCUT2D eigenvalue weighted by Crippen LogP contribution is 2.33. The van der Waals surface area contributed by atoms with Gasteiger partial charge in [0.25, 0.3) is 0 Å². The summed E-state index contributed by atoms with van der Waals surface area (Å²) in [4.78, 5) is 3.36. The van der Waals surface area contributed by atoms with Crippen LogP contribution in [0.25, 0.3) is 0 Å².